The summed E-state index contributed by atoms with van der Waals surface area (Å²) in [4.78, 5) is 23.5. The lowest BCUT2D eigenvalue weighted by atomic mass is 10.1. The van der Waals surface area contributed by atoms with Crippen LogP contribution in [0.4, 0.5) is 0 Å². The van der Waals surface area contributed by atoms with Crippen LogP contribution < -0.4 is 0 Å². The molecule has 0 aliphatic carbocycles. The molecule has 3 aromatic rings. The fourth-order valence-electron chi connectivity index (χ4n) is 1.94. The molecule has 1 unspecified atom stereocenters. The maximum atomic E-state index is 12.0. The lowest BCUT2D eigenvalue weighted by Crippen LogP contribution is -2.10. The van der Waals surface area contributed by atoms with Gasteiger partial charge in [0.05, 0.1) is 11.3 Å². The van der Waals surface area contributed by atoms with Gasteiger partial charge in [0, 0.05) is 12.4 Å². The Morgan fingerprint density at radius 2 is 1.82 bits per heavy atom. The standard InChI is InChI=1S/C15H13N5O2/c1-11(22-15(21)13-6-16-8-17-7-13)12-2-4-14(5-3-12)20-10-18-9-19-20/h2-11H,1H3. The molecule has 0 spiro atoms. The van der Waals surface area contributed by atoms with Gasteiger partial charge in [0.2, 0.25) is 0 Å². The number of esters is 1. The maximum absolute atomic E-state index is 12.0. The zero-order chi connectivity index (χ0) is 15.4. The van der Waals surface area contributed by atoms with Crippen LogP contribution in [0, 0.1) is 0 Å². The lowest BCUT2D eigenvalue weighted by Gasteiger charge is -2.14. The zero-order valence-electron chi connectivity index (χ0n) is 11.8. The molecule has 1 atom stereocenters. The van der Waals surface area contributed by atoms with Gasteiger partial charge in [-0.25, -0.2) is 24.4 Å². The van der Waals surface area contributed by atoms with Crippen molar-refractivity contribution in [3.8, 4) is 5.69 Å². The summed E-state index contributed by atoms with van der Waals surface area (Å²) in [5, 5.41) is 4.06. The number of carbonyl (C=O) groups excluding carboxylic acids is 1. The Labute approximate surface area is 126 Å². The minimum Gasteiger partial charge on any atom is -0.454 e. The molecule has 7 nitrogen and oxygen atoms in total. The van der Waals surface area contributed by atoms with Crippen molar-refractivity contribution in [3.05, 3.63) is 66.8 Å². The molecule has 0 aliphatic rings. The summed E-state index contributed by atoms with van der Waals surface area (Å²) in [6, 6.07) is 7.55. The molecule has 0 saturated carbocycles. The fourth-order valence-corrected chi connectivity index (χ4v) is 1.94. The van der Waals surface area contributed by atoms with Gasteiger partial charge in [0.1, 0.15) is 25.1 Å². The zero-order valence-corrected chi connectivity index (χ0v) is 11.8. The highest BCUT2D eigenvalue weighted by atomic mass is 16.5. The van der Waals surface area contributed by atoms with Crippen molar-refractivity contribution in [1.29, 1.82) is 0 Å². The van der Waals surface area contributed by atoms with Crippen LogP contribution in [0.3, 0.4) is 0 Å². The van der Waals surface area contributed by atoms with E-state index in [2.05, 4.69) is 20.1 Å². The summed E-state index contributed by atoms with van der Waals surface area (Å²) < 4.78 is 7.05. The number of carbonyl (C=O) groups is 1. The molecule has 0 amide bonds. The number of nitrogens with zero attached hydrogens (tertiary/aromatic N) is 5. The third-order valence-corrected chi connectivity index (χ3v) is 3.13. The van der Waals surface area contributed by atoms with Gasteiger partial charge in [0.15, 0.2) is 0 Å². The quantitative estimate of drug-likeness (QED) is 0.684. The minimum absolute atomic E-state index is 0.327. The normalized spacial score (nSPS) is 11.9. The van der Waals surface area contributed by atoms with Gasteiger partial charge in [-0.3, -0.25) is 0 Å². The first-order chi connectivity index (χ1) is 10.7. The van der Waals surface area contributed by atoms with Crippen molar-refractivity contribution in [2.24, 2.45) is 0 Å². The second-order valence-electron chi connectivity index (χ2n) is 4.61. The van der Waals surface area contributed by atoms with Gasteiger partial charge in [-0.1, -0.05) is 12.1 Å². The first-order valence-electron chi connectivity index (χ1n) is 6.65. The SMILES string of the molecule is CC(OC(=O)c1cncnc1)c1ccc(-n2cncn2)cc1. The van der Waals surface area contributed by atoms with Crippen LogP contribution in [-0.2, 0) is 4.74 Å². The summed E-state index contributed by atoms with van der Waals surface area (Å²) in [6.45, 7) is 1.81. The van der Waals surface area contributed by atoms with Crippen molar-refractivity contribution in [3.63, 3.8) is 0 Å². The molecular weight excluding hydrogens is 282 g/mol. The fraction of sp³-hybridized carbons (Fsp3) is 0.133. The van der Waals surface area contributed by atoms with Gasteiger partial charge < -0.3 is 4.74 Å². The lowest BCUT2D eigenvalue weighted by molar-refractivity contribution is 0.0337. The van der Waals surface area contributed by atoms with Gasteiger partial charge in [-0.15, -0.1) is 0 Å². The Kier molecular flexibility index (Phi) is 3.86. The van der Waals surface area contributed by atoms with Crippen LogP contribution in [0.2, 0.25) is 0 Å². The second-order valence-corrected chi connectivity index (χ2v) is 4.61. The van der Waals surface area contributed by atoms with Crippen LogP contribution in [-0.4, -0.2) is 30.7 Å². The summed E-state index contributed by atoms with van der Waals surface area (Å²) >= 11 is 0. The topological polar surface area (TPSA) is 82.8 Å². The highest BCUT2D eigenvalue weighted by Crippen LogP contribution is 2.19. The molecule has 0 saturated heterocycles. The predicted octanol–water partition coefficient (Wildman–Crippen LogP) is 1.98. The van der Waals surface area contributed by atoms with Gasteiger partial charge in [-0.05, 0) is 24.6 Å². The molecule has 7 heteroatoms. The van der Waals surface area contributed by atoms with Crippen molar-refractivity contribution in [2.75, 3.05) is 0 Å². The van der Waals surface area contributed by atoms with E-state index in [9.17, 15) is 4.79 Å². The second kappa shape index (κ2) is 6.13. The van der Waals surface area contributed by atoms with Crippen LogP contribution in [0.25, 0.3) is 5.69 Å². The highest BCUT2D eigenvalue weighted by Gasteiger charge is 2.14. The summed E-state index contributed by atoms with van der Waals surface area (Å²) in [5.74, 6) is -0.451. The van der Waals surface area contributed by atoms with Crippen molar-refractivity contribution >= 4 is 5.97 Å². The molecule has 0 bridgehead atoms. The van der Waals surface area contributed by atoms with E-state index in [0.29, 0.717) is 5.56 Å². The van der Waals surface area contributed by atoms with Gasteiger partial charge in [-0.2, -0.15) is 5.10 Å². The third kappa shape index (κ3) is 2.98. The predicted molar refractivity (Wildman–Crippen MR) is 77.2 cm³/mol. The molecule has 22 heavy (non-hydrogen) atoms. The van der Waals surface area contributed by atoms with E-state index in [0.717, 1.165) is 11.3 Å². The van der Waals surface area contributed by atoms with E-state index < -0.39 is 5.97 Å². The molecular formula is C15H13N5O2. The molecule has 2 aromatic heterocycles. The Hall–Kier alpha value is -3.09. The van der Waals surface area contributed by atoms with Crippen molar-refractivity contribution < 1.29 is 9.53 Å². The molecule has 0 aliphatic heterocycles. The van der Waals surface area contributed by atoms with Crippen molar-refractivity contribution in [2.45, 2.75) is 13.0 Å². The first-order valence-corrected chi connectivity index (χ1v) is 6.65. The van der Waals surface area contributed by atoms with E-state index >= 15 is 0 Å². The van der Waals surface area contributed by atoms with Crippen LogP contribution in [0.5, 0.6) is 0 Å². The molecule has 1 aromatic carbocycles. The average Bonchev–Trinajstić information content (AvgIpc) is 3.10. The highest BCUT2D eigenvalue weighted by molar-refractivity contribution is 5.88. The smallest absolute Gasteiger partial charge is 0.341 e. The molecule has 0 fully saturated rings. The molecule has 110 valence electrons. The number of aromatic nitrogens is 5. The number of hydrogen-bond donors (Lipinski definition) is 0. The molecule has 0 radical (unpaired) electrons. The van der Waals surface area contributed by atoms with E-state index in [1.165, 1.54) is 25.0 Å². The van der Waals surface area contributed by atoms with E-state index in [1.807, 2.05) is 31.2 Å². The van der Waals surface area contributed by atoms with E-state index in [1.54, 1.807) is 11.0 Å². The average molecular weight is 295 g/mol. The maximum Gasteiger partial charge on any atom is 0.341 e. The summed E-state index contributed by atoms with van der Waals surface area (Å²) in [6.07, 6.45) is 6.93. The Morgan fingerprint density at radius 1 is 1.09 bits per heavy atom. The van der Waals surface area contributed by atoms with E-state index in [-0.39, 0.29) is 6.10 Å². The first kappa shape index (κ1) is 13.9. The van der Waals surface area contributed by atoms with E-state index in [4.69, 9.17) is 4.74 Å². The van der Waals surface area contributed by atoms with Gasteiger partial charge in [0.25, 0.3) is 0 Å². The number of rotatable bonds is 4. The van der Waals surface area contributed by atoms with Crippen molar-refractivity contribution in [1.82, 2.24) is 24.7 Å². The van der Waals surface area contributed by atoms with Gasteiger partial charge >= 0.3 is 5.97 Å². The molecule has 2 heterocycles. The molecule has 3 rings (SSSR count). The summed E-state index contributed by atoms with van der Waals surface area (Å²) in [7, 11) is 0. The Bertz CT molecular complexity index is 741. The Balaban J connectivity index is 1.70. The number of hydrogen-bond acceptors (Lipinski definition) is 6. The largest absolute Gasteiger partial charge is 0.454 e. The third-order valence-electron chi connectivity index (χ3n) is 3.13. The number of benzene rings is 1. The number of ether oxygens (including phenoxy) is 1. The Morgan fingerprint density at radius 3 is 2.45 bits per heavy atom. The molecule has 0 N–H and O–H groups in total. The van der Waals surface area contributed by atoms with Crippen LogP contribution in [0.15, 0.2) is 55.6 Å². The van der Waals surface area contributed by atoms with Crippen LogP contribution in [0.1, 0.15) is 28.9 Å². The van der Waals surface area contributed by atoms with Crippen LogP contribution >= 0.6 is 0 Å². The monoisotopic (exact) mass is 295 g/mol. The summed E-state index contributed by atoms with van der Waals surface area (Å²) in [5.41, 5.74) is 2.10. The minimum atomic E-state index is -0.451.